The molecular weight excluding hydrogens is 204 g/mol. The van der Waals surface area contributed by atoms with E-state index >= 15 is 0 Å². The molecule has 0 bridgehead atoms. The fourth-order valence-corrected chi connectivity index (χ4v) is 4.17. The van der Waals surface area contributed by atoms with Crippen molar-refractivity contribution in [3.8, 4) is 0 Å². The van der Waals surface area contributed by atoms with Crippen molar-refractivity contribution in [2.24, 2.45) is 0 Å². The van der Waals surface area contributed by atoms with Crippen molar-refractivity contribution in [1.29, 1.82) is 0 Å². The van der Waals surface area contributed by atoms with E-state index in [9.17, 15) is 0 Å². The predicted octanol–water partition coefficient (Wildman–Crippen LogP) is 3.16. The Morgan fingerprint density at radius 1 is 1.53 bits per heavy atom. The summed E-state index contributed by atoms with van der Waals surface area (Å²) in [4.78, 5) is 0. The van der Waals surface area contributed by atoms with E-state index in [1.807, 2.05) is 6.92 Å². The average molecular weight is 227 g/mol. The van der Waals surface area contributed by atoms with Gasteiger partial charge in [-0.25, -0.2) is 0 Å². The van der Waals surface area contributed by atoms with Gasteiger partial charge in [0.2, 0.25) is 9.04 Å². The lowest BCUT2D eigenvalue weighted by Crippen LogP contribution is -2.29. The van der Waals surface area contributed by atoms with Crippen LogP contribution in [-0.2, 0) is 9.16 Å². The summed E-state index contributed by atoms with van der Waals surface area (Å²) in [6.45, 7) is 9.74. The monoisotopic (exact) mass is 227 g/mol. The molecule has 1 fully saturated rings. The van der Waals surface area contributed by atoms with E-state index < -0.39 is 9.04 Å². The molecule has 1 heterocycles. The molecule has 0 aromatic rings. The normalized spacial score (nSPS) is 20.1. The maximum absolute atomic E-state index is 5.82. The molecule has 1 aliphatic rings. The molecule has 1 radical (unpaired) electrons. The largest absolute Gasteiger partial charge is 0.417 e. The van der Waals surface area contributed by atoms with Gasteiger partial charge in [0.15, 0.2) is 0 Å². The van der Waals surface area contributed by atoms with Crippen LogP contribution in [0.5, 0.6) is 0 Å². The van der Waals surface area contributed by atoms with E-state index in [1.165, 1.54) is 18.9 Å². The number of hydrogen-bond acceptors (Lipinski definition) is 2. The molecule has 0 aromatic heterocycles. The Hall–Kier alpha value is -0.123. The third kappa shape index (κ3) is 5.49. The van der Waals surface area contributed by atoms with Gasteiger partial charge in [-0.2, -0.15) is 0 Å². The van der Waals surface area contributed by atoms with Crippen LogP contribution in [0.1, 0.15) is 33.1 Å². The fourth-order valence-electron chi connectivity index (χ4n) is 1.71. The second-order valence-corrected chi connectivity index (χ2v) is 6.62. The fraction of sp³-hybridized carbons (Fsp3) is 0.833. The third-order valence-corrected chi connectivity index (χ3v) is 5.07. The molecule has 0 aromatic carbocycles. The number of hydrogen-bond donors (Lipinski definition) is 0. The highest BCUT2D eigenvalue weighted by molar-refractivity contribution is 6.52. The molecule has 3 heteroatoms. The van der Waals surface area contributed by atoms with Crippen molar-refractivity contribution >= 4 is 9.04 Å². The van der Waals surface area contributed by atoms with Gasteiger partial charge in [0, 0.05) is 6.61 Å². The summed E-state index contributed by atoms with van der Waals surface area (Å²) < 4.78 is 11.6. The summed E-state index contributed by atoms with van der Waals surface area (Å²) in [5.74, 6) is 0. The molecule has 0 aliphatic carbocycles. The lowest BCUT2D eigenvalue weighted by molar-refractivity contribution is 0.0769. The molecule has 87 valence electrons. The molecule has 1 aliphatic heterocycles. The van der Waals surface area contributed by atoms with Gasteiger partial charge in [0.05, 0.1) is 12.7 Å². The summed E-state index contributed by atoms with van der Waals surface area (Å²) >= 11 is 0. The molecule has 0 amide bonds. The van der Waals surface area contributed by atoms with Crippen molar-refractivity contribution in [1.82, 2.24) is 0 Å². The minimum atomic E-state index is -0.561. The molecule has 2 nitrogen and oxygen atoms in total. The maximum Gasteiger partial charge on any atom is 0.213 e. The molecule has 0 saturated carbocycles. The molecule has 1 rings (SSSR count). The Kier molecular flexibility index (Phi) is 6.21. The van der Waals surface area contributed by atoms with Gasteiger partial charge in [-0.15, -0.1) is 0 Å². The Labute approximate surface area is 95.4 Å². The Morgan fingerprint density at radius 2 is 2.33 bits per heavy atom. The minimum Gasteiger partial charge on any atom is -0.417 e. The van der Waals surface area contributed by atoms with Gasteiger partial charge >= 0.3 is 0 Å². The second kappa shape index (κ2) is 7.20. The zero-order valence-corrected chi connectivity index (χ0v) is 11.1. The zero-order chi connectivity index (χ0) is 11.1. The Balaban J connectivity index is 2.22. The average Bonchev–Trinajstić information content (AvgIpc) is 2.25. The second-order valence-electron chi connectivity index (χ2n) is 4.35. The minimum absolute atomic E-state index is 0.383. The first-order chi connectivity index (χ1) is 7.22. The van der Waals surface area contributed by atoms with Crippen LogP contribution in [0.25, 0.3) is 0 Å². The van der Waals surface area contributed by atoms with Crippen LogP contribution >= 0.6 is 0 Å². The maximum atomic E-state index is 5.82. The van der Waals surface area contributed by atoms with Crippen LogP contribution in [0.3, 0.4) is 0 Å². The summed E-state index contributed by atoms with van der Waals surface area (Å²) in [5.41, 5.74) is 1.11. The Morgan fingerprint density at radius 3 is 2.87 bits per heavy atom. The van der Waals surface area contributed by atoms with E-state index in [0.29, 0.717) is 12.7 Å². The quantitative estimate of drug-likeness (QED) is 0.512. The molecule has 15 heavy (non-hydrogen) atoms. The first-order valence-corrected chi connectivity index (χ1v) is 7.78. The van der Waals surface area contributed by atoms with E-state index in [2.05, 4.69) is 13.5 Å². The predicted molar refractivity (Wildman–Crippen MR) is 65.4 cm³/mol. The summed E-state index contributed by atoms with van der Waals surface area (Å²) in [7, 11) is -0.561. The van der Waals surface area contributed by atoms with Gasteiger partial charge in [0.25, 0.3) is 0 Å². The first kappa shape index (κ1) is 12.9. The summed E-state index contributed by atoms with van der Waals surface area (Å²) in [6.07, 6.45) is 4.07. The van der Waals surface area contributed by atoms with Crippen LogP contribution in [0.4, 0.5) is 0 Å². The molecule has 0 N–H and O–H groups in total. The zero-order valence-electron chi connectivity index (χ0n) is 10.1. The smallest absolute Gasteiger partial charge is 0.213 e. The molecule has 1 atom stereocenters. The molecular formula is C12H23O2Si. The topological polar surface area (TPSA) is 18.5 Å². The van der Waals surface area contributed by atoms with Gasteiger partial charge in [-0.3, -0.25) is 0 Å². The Bertz CT molecular complexity index is 188. The standard InChI is InChI=1S/C12H23O2Si/c1-4-12(13-9-11(2)3)10-15-8-6-5-7-14-15/h12H,2,4-10H2,1,3H3. The van der Waals surface area contributed by atoms with Gasteiger partial charge in [-0.05, 0) is 31.9 Å². The molecule has 1 unspecified atom stereocenters. The molecule has 1 saturated heterocycles. The van der Waals surface area contributed by atoms with Gasteiger partial charge in [0.1, 0.15) is 0 Å². The van der Waals surface area contributed by atoms with Crippen molar-refractivity contribution in [3.63, 3.8) is 0 Å². The van der Waals surface area contributed by atoms with Gasteiger partial charge < -0.3 is 9.16 Å². The van der Waals surface area contributed by atoms with Gasteiger partial charge in [-0.1, -0.05) is 25.5 Å². The molecule has 0 spiro atoms. The van der Waals surface area contributed by atoms with Crippen LogP contribution in [0, 0.1) is 0 Å². The van der Waals surface area contributed by atoms with E-state index in [4.69, 9.17) is 9.16 Å². The summed E-state index contributed by atoms with van der Waals surface area (Å²) in [5, 5.41) is 0. The van der Waals surface area contributed by atoms with Crippen LogP contribution in [-0.4, -0.2) is 28.4 Å². The highest BCUT2D eigenvalue weighted by Gasteiger charge is 2.21. The van der Waals surface area contributed by atoms with Crippen LogP contribution < -0.4 is 0 Å². The lowest BCUT2D eigenvalue weighted by atomic mass is 10.3. The van der Waals surface area contributed by atoms with Crippen molar-refractivity contribution < 1.29 is 9.16 Å². The summed E-state index contributed by atoms with van der Waals surface area (Å²) in [6, 6.07) is 2.45. The lowest BCUT2D eigenvalue weighted by Gasteiger charge is -2.24. The van der Waals surface area contributed by atoms with Crippen molar-refractivity contribution in [3.05, 3.63) is 12.2 Å². The first-order valence-electron chi connectivity index (χ1n) is 5.95. The van der Waals surface area contributed by atoms with Crippen LogP contribution in [0.2, 0.25) is 12.1 Å². The van der Waals surface area contributed by atoms with E-state index in [1.54, 1.807) is 0 Å². The number of rotatable bonds is 6. The highest BCUT2D eigenvalue weighted by Crippen LogP contribution is 2.18. The SMILES string of the molecule is C=C(C)COC(CC)C[Si]1CCCCO1. The van der Waals surface area contributed by atoms with E-state index in [0.717, 1.165) is 24.6 Å². The van der Waals surface area contributed by atoms with Crippen molar-refractivity contribution in [2.75, 3.05) is 13.2 Å². The number of ether oxygens (including phenoxy) is 1. The van der Waals surface area contributed by atoms with Crippen LogP contribution in [0.15, 0.2) is 12.2 Å². The van der Waals surface area contributed by atoms with E-state index in [-0.39, 0.29) is 0 Å². The highest BCUT2D eigenvalue weighted by atomic mass is 28.3. The third-order valence-electron chi connectivity index (χ3n) is 2.63. The van der Waals surface area contributed by atoms with Crippen molar-refractivity contribution in [2.45, 2.75) is 51.3 Å².